The summed E-state index contributed by atoms with van der Waals surface area (Å²) in [4.78, 5) is 2.25. The third-order valence-electron chi connectivity index (χ3n) is 4.28. The van der Waals surface area contributed by atoms with Gasteiger partial charge in [0.25, 0.3) is 0 Å². The van der Waals surface area contributed by atoms with Crippen LogP contribution in [0.5, 0.6) is 0 Å². The highest BCUT2D eigenvalue weighted by molar-refractivity contribution is 5.91. The number of hydrogen-bond acceptors (Lipinski definition) is 1. The molecule has 0 radical (unpaired) electrons. The van der Waals surface area contributed by atoms with E-state index in [0.29, 0.717) is 6.04 Å². The first-order valence-electron chi connectivity index (χ1n) is 7.89. The van der Waals surface area contributed by atoms with Crippen LogP contribution in [0.25, 0.3) is 22.2 Å². The van der Waals surface area contributed by atoms with E-state index in [4.69, 9.17) is 0 Å². The minimum absolute atomic E-state index is 0.420. The molecule has 1 unspecified atom stereocenters. The van der Waals surface area contributed by atoms with Crippen molar-refractivity contribution in [2.24, 2.45) is 0 Å². The Balaban J connectivity index is 2.28. The first-order valence-corrected chi connectivity index (χ1v) is 7.89. The van der Waals surface area contributed by atoms with Crippen molar-refractivity contribution < 1.29 is 0 Å². The smallest absolute Gasteiger partial charge is 0.0523 e. The van der Waals surface area contributed by atoms with E-state index in [0.717, 1.165) is 6.54 Å². The molecule has 0 saturated carbocycles. The van der Waals surface area contributed by atoms with Gasteiger partial charge in [-0.3, -0.25) is 0 Å². The molecule has 22 heavy (non-hydrogen) atoms. The summed E-state index contributed by atoms with van der Waals surface area (Å²) in [5, 5.41) is 1.35. The van der Waals surface area contributed by atoms with Crippen molar-refractivity contribution in [3.8, 4) is 11.3 Å². The summed E-state index contributed by atoms with van der Waals surface area (Å²) in [6, 6.07) is 19.9. The fourth-order valence-corrected chi connectivity index (χ4v) is 3.45. The zero-order valence-corrected chi connectivity index (χ0v) is 13.9. The Morgan fingerprint density at radius 3 is 2.27 bits per heavy atom. The first kappa shape index (κ1) is 14.9. The largest absolute Gasteiger partial charge is 0.336 e. The Morgan fingerprint density at radius 2 is 1.59 bits per heavy atom. The monoisotopic (exact) mass is 292 g/mol. The minimum atomic E-state index is 0.420. The van der Waals surface area contributed by atoms with Crippen LogP contribution in [0.2, 0.25) is 0 Å². The van der Waals surface area contributed by atoms with E-state index in [2.05, 4.69) is 92.0 Å². The highest BCUT2D eigenvalue weighted by atomic mass is 15.1. The second-order valence-electron chi connectivity index (χ2n) is 6.34. The predicted molar refractivity (Wildman–Crippen MR) is 95.4 cm³/mol. The van der Waals surface area contributed by atoms with Crippen LogP contribution in [0.1, 0.15) is 18.5 Å². The van der Waals surface area contributed by atoms with E-state index in [1.807, 2.05) is 0 Å². The lowest BCUT2D eigenvalue weighted by atomic mass is 10.1. The van der Waals surface area contributed by atoms with Crippen LogP contribution in [0.15, 0.2) is 54.6 Å². The van der Waals surface area contributed by atoms with Crippen molar-refractivity contribution in [1.82, 2.24) is 9.47 Å². The van der Waals surface area contributed by atoms with Gasteiger partial charge < -0.3 is 9.47 Å². The SMILES string of the molecule is Cc1c(-c2ccccc2)n(C(C)CN(C)C)c2ccccc12. The second-order valence-corrected chi connectivity index (χ2v) is 6.34. The minimum Gasteiger partial charge on any atom is -0.336 e. The highest BCUT2D eigenvalue weighted by Gasteiger charge is 2.19. The van der Waals surface area contributed by atoms with Crippen molar-refractivity contribution in [2.45, 2.75) is 19.9 Å². The van der Waals surface area contributed by atoms with Gasteiger partial charge in [-0.1, -0.05) is 48.5 Å². The topological polar surface area (TPSA) is 8.17 Å². The molecule has 0 bridgehead atoms. The molecule has 0 saturated heterocycles. The van der Waals surface area contributed by atoms with E-state index < -0.39 is 0 Å². The first-order chi connectivity index (χ1) is 10.6. The van der Waals surface area contributed by atoms with Crippen LogP contribution in [0, 0.1) is 6.92 Å². The standard InChI is InChI=1S/C20H24N2/c1-15(14-21(3)4)22-19-13-9-8-12-18(19)16(2)20(22)17-10-6-5-7-11-17/h5-13,15H,14H2,1-4H3. The zero-order valence-electron chi connectivity index (χ0n) is 13.9. The molecule has 0 spiro atoms. The summed E-state index contributed by atoms with van der Waals surface area (Å²) >= 11 is 0. The molecule has 2 heteroatoms. The molecule has 0 N–H and O–H groups in total. The Bertz CT molecular complexity index is 769. The lowest BCUT2D eigenvalue weighted by molar-refractivity contribution is 0.342. The average Bonchev–Trinajstić information content (AvgIpc) is 2.81. The predicted octanol–water partition coefficient (Wildman–Crippen LogP) is 4.74. The molecule has 1 heterocycles. The van der Waals surface area contributed by atoms with Gasteiger partial charge in [0, 0.05) is 23.5 Å². The van der Waals surface area contributed by atoms with Gasteiger partial charge in [0.1, 0.15) is 0 Å². The summed E-state index contributed by atoms with van der Waals surface area (Å²) in [5.41, 5.74) is 5.33. The van der Waals surface area contributed by atoms with Crippen LogP contribution < -0.4 is 0 Å². The lowest BCUT2D eigenvalue weighted by Gasteiger charge is -2.23. The van der Waals surface area contributed by atoms with Crippen molar-refractivity contribution >= 4 is 10.9 Å². The Hall–Kier alpha value is -2.06. The van der Waals surface area contributed by atoms with Crippen molar-refractivity contribution in [1.29, 1.82) is 0 Å². The fourth-order valence-electron chi connectivity index (χ4n) is 3.45. The van der Waals surface area contributed by atoms with Gasteiger partial charge in [-0.15, -0.1) is 0 Å². The quantitative estimate of drug-likeness (QED) is 0.674. The molecule has 1 atom stereocenters. The number of para-hydroxylation sites is 1. The number of aryl methyl sites for hydroxylation is 1. The molecule has 3 rings (SSSR count). The lowest BCUT2D eigenvalue weighted by Crippen LogP contribution is -2.22. The van der Waals surface area contributed by atoms with Gasteiger partial charge >= 0.3 is 0 Å². The van der Waals surface area contributed by atoms with Crippen LogP contribution >= 0.6 is 0 Å². The van der Waals surface area contributed by atoms with E-state index in [1.165, 1.54) is 27.7 Å². The molecular weight excluding hydrogens is 268 g/mol. The third-order valence-corrected chi connectivity index (χ3v) is 4.28. The maximum atomic E-state index is 2.50. The normalized spacial score (nSPS) is 13.0. The van der Waals surface area contributed by atoms with Gasteiger partial charge in [0.05, 0.1) is 5.69 Å². The van der Waals surface area contributed by atoms with Crippen LogP contribution in [-0.2, 0) is 0 Å². The Labute approximate surface area is 133 Å². The van der Waals surface area contributed by atoms with Gasteiger partial charge in [0.2, 0.25) is 0 Å². The van der Waals surface area contributed by atoms with Crippen LogP contribution in [0.4, 0.5) is 0 Å². The molecule has 3 aromatic rings. The van der Waals surface area contributed by atoms with Gasteiger partial charge in [-0.2, -0.15) is 0 Å². The molecule has 114 valence electrons. The number of likely N-dealkylation sites (N-methyl/N-ethyl adjacent to an activating group) is 1. The maximum absolute atomic E-state index is 2.50. The number of benzene rings is 2. The molecule has 0 aliphatic heterocycles. The summed E-state index contributed by atoms with van der Waals surface area (Å²) in [6.07, 6.45) is 0. The summed E-state index contributed by atoms with van der Waals surface area (Å²) in [5.74, 6) is 0. The van der Waals surface area contributed by atoms with Crippen molar-refractivity contribution in [2.75, 3.05) is 20.6 Å². The van der Waals surface area contributed by atoms with Gasteiger partial charge in [-0.25, -0.2) is 0 Å². The second kappa shape index (κ2) is 5.98. The molecule has 0 aliphatic carbocycles. The molecule has 1 aromatic heterocycles. The summed E-state index contributed by atoms with van der Waals surface area (Å²) in [7, 11) is 4.27. The summed E-state index contributed by atoms with van der Waals surface area (Å²) < 4.78 is 2.50. The molecule has 0 fully saturated rings. The molecule has 0 aliphatic rings. The molecule has 2 aromatic carbocycles. The summed E-state index contributed by atoms with van der Waals surface area (Å²) in [6.45, 7) is 5.57. The van der Waals surface area contributed by atoms with Gasteiger partial charge in [-0.05, 0) is 45.1 Å². The fraction of sp³-hybridized carbons (Fsp3) is 0.300. The third kappa shape index (κ3) is 2.55. The van der Waals surface area contributed by atoms with Crippen LogP contribution in [0.3, 0.4) is 0 Å². The Kier molecular flexibility index (Phi) is 4.04. The average molecular weight is 292 g/mol. The van der Waals surface area contributed by atoms with Gasteiger partial charge in [0.15, 0.2) is 0 Å². The number of rotatable bonds is 4. The van der Waals surface area contributed by atoms with E-state index in [-0.39, 0.29) is 0 Å². The van der Waals surface area contributed by atoms with E-state index in [1.54, 1.807) is 0 Å². The van der Waals surface area contributed by atoms with Crippen LogP contribution in [-0.4, -0.2) is 30.1 Å². The Morgan fingerprint density at radius 1 is 0.955 bits per heavy atom. The zero-order chi connectivity index (χ0) is 15.7. The number of hydrogen-bond donors (Lipinski definition) is 0. The molecule has 2 nitrogen and oxygen atoms in total. The number of nitrogens with zero attached hydrogens (tertiary/aromatic N) is 2. The van der Waals surface area contributed by atoms with E-state index in [9.17, 15) is 0 Å². The van der Waals surface area contributed by atoms with Crippen molar-refractivity contribution in [3.05, 3.63) is 60.2 Å². The molecular formula is C20H24N2. The number of fused-ring (bicyclic) bond motifs is 1. The molecule has 0 amide bonds. The van der Waals surface area contributed by atoms with E-state index >= 15 is 0 Å². The highest BCUT2D eigenvalue weighted by Crippen LogP contribution is 2.35. The maximum Gasteiger partial charge on any atom is 0.0523 e. The number of aromatic nitrogens is 1. The van der Waals surface area contributed by atoms with Crippen molar-refractivity contribution in [3.63, 3.8) is 0 Å².